The largest absolute Gasteiger partial charge is 0.504 e. The van der Waals surface area contributed by atoms with E-state index < -0.39 is 0 Å². The van der Waals surface area contributed by atoms with Crippen molar-refractivity contribution in [3.63, 3.8) is 0 Å². The van der Waals surface area contributed by atoms with Crippen LogP contribution in [0.25, 0.3) is 11.1 Å². The van der Waals surface area contributed by atoms with Gasteiger partial charge in [0.25, 0.3) is 5.91 Å². The number of phenols is 1. The second-order valence-electron chi connectivity index (χ2n) is 6.65. The SMILES string of the molecule is NCC1Cc2cc(-c3ccc(C(=O)N4CCOCC4)cc3)cc(O)c2O1. The molecule has 0 bridgehead atoms. The number of nitrogens with zero attached hydrogens (tertiary/aromatic N) is 1. The lowest BCUT2D eigenvalue weighted by molar-refractivity contribution is 0.0303. The summed E-state index contributed by atoms with van der Waals surface area (Å²) in [5.74, 6) is 0.682. The van der Waals surface area contributed by atoms with Gasteiger partial charge in [0.05, 0.1) is 13.2 Å². The van der Waals surface area contributed by atoms with E-state index in [2.05, 4.69) is 0 Å². The Hall–Kier alpha value is -2.57. The van der Waals surface area contributed by atoms with Crippen molar-refractivity contribution in [1.82, 2.24) is 4.90 Å². The Morgan fingerprint density at radius 2 is 1.88 bits per heavy atom. The van der Waals surface area contributed by atoms with Crippen molar-refractivity contribution in [2.24, 2.45) is 5.73 Å². The molecule has 2 aliphatic rings. The van der Waals surface area contributed by atoms with E-state index in [1.54, 1.807) is 6.07 Å². The summed E-state index contributed by atoms with van der Waals surface area (Å²) in [6, 6.07) is 11.2. The van der Waals surface area contributed by atoms with Crippen LogP contribution in [0.4, 0.5) is 0 Å². The van der Waals surface area contributed by atoms with Crippen LogP contribution in [-0.4, -0.2) is 54.9 Å². The van der Waals surface area contributed by atoms with Crippen LogP contribution in [-0.2, 0) is 11.2 Å². The van der Waals surface area contributed by atoms with E-state index in [1.165, 1.54) is 0 Å². The van der Waals surface area contributed by atoms with Gasteiger partial charge in [-0.05, 0) is 35.4 Å². The summed E-state index contributed by atoms with van der Waals surface area (Å²) >= 11 is 0. The molecular weight excluding hydrogens is 332 g/mol. The summed E-state index contributed by atoms with van der Waals surface area (Å²) in [4.78, 5) is 14.3. The van der Waals surface area contributed by atoms with E-state index in [1.807, 2.05) is 35.2 Å². The van der Waals surface area contributed by atoms with E-state index in [9.17, 15) is 9.90 Å². The molecule has 0 aliphatic carbocycles. The third kappa shape index (κ3) is 3.13. The quantitative estimate of drug-likeness (QED) is 0.878. The summed E-state index contributed by atoms with van der Waals surface area (Å²) in [6.45, 7) is 2.85. The van der Waals surface area contributed by atoms with Gasteiger partial charge in [0.1, 0.15) is 6.10 Å². The average molecular weight is 354 g/mol. The number of nitrogens with two attached hydrogens (primary N) is 1. The van der Waals surface area contributed by atoms with Crippen molar-refractivity contribution in [3.8, 4) is 22.6 Å². The smallest absolute Gasteiger partial charge is 0.254 e. The Balaban J connectivity index is 1.56. The number of fused-ring (bicyclic) bond motifs is 1. The lowest BCUT2D eigenvalue weighted by Gasteiger charge is -2.26. The fourth-order valence-corrected chi connectivity index (χ4v) is 3.47. The minimum Gasteiger partial charge on any atom is -0.504 e. The van der Waals surface area contributed by atoms with Crippen molar-refractivity contribution < 1.29 is 19.4 Å². The first-order chi connectivity index (χ1) is 12.7. The predicted molar refractivity (Wildman–Crippen MR) is 97.4 cm³/mol. The summed E-state index contributed by atoms with van der Waals surface area (Å²) in [5.41, 5.74) is 9.13. The zero-order chi connectivity index (χ0) is 18.1. The monoisotopic (exact) mass is 354 g/mol. The molecule has 0 saturated carbocycles. The summed E-state index contributed by atoms with van der Waals surface area (Å²) in [7, 11) is 0. The van der Waals surface area contributed by atoms with Crippen LogP contribution in [0.2, 0.25) is 0 Å². The molecule has 0 radical (unpaired) electrons. The molecule has 6 heteroatoms. The molecule has 1 unspecified atom stereocenters. The first kappa shape index (κ1) is 16.9. The van der Waals surface area contributed by atoms with Crippen LogP contribution in [0.3, 0.4) is 0 Å². The van der Waals surface area contributed by atoms with Gasteiger partial charge in [0.15, 0.2) is 11.5 Å². The van der Waals surface area contributed by atoms with Crippen molar-refractivity contribution in [2.45, 2.75) is 12.5 Å². The second kappa shape index (κ2) is 6.97. The van der Waals surface area contributed by atoms with Gasteiger partial charge in [0.2, 0.25) is 0 Å². The molecule has 0 aromatic heterocycles. The molecule has 4 rings (SSSR count). The van der Waals surface area contributed by atoms with Crippen LogP contribution >= 0.6 is 0 Å². The second-order valence-corrected chi connectivity index (χ2v) is 6.65. The van der Waals surface area contributed by atoms with Crippen LogP contribution < -0.4 is 10.5 Å². The van der Waals surface area contributed by atoms with Crippen molar-refractivity contribution in [1.29, 1.82) is 0 Å². The van der Waals surface area contributed by atoms with Gasteiger partial charge in [-0.1, -0.05) is 12.1 Å². The maximum atomic E-state index is 12.5. The number of ether oxygens (including phenoxy) is 2. The highest BCUT2D eigenvalue weighted by molar-refractivity contribution is 5.94. The number of hydrogen-bond acceptors (Lipinski definition) is 5. The zero-order valence-electron chi connectivity index (χ0n) is 14.5. The van der Waals surface area contributed by atoms with Crippen molar-refractivity contribution in [3.05, 3.63) is 47.5 Å². The molecule has 136 valence electrons. The van der Waals surface area contributed by atoms with Gasteiger partial charge in [0, 0.05) is 37.2 Å². The average Bonchev–Trinajstić information content (AvgIpc) is 3.12. The number of morpholine rings is 1. The molecule has 26 heavy (non-hydrogen) atoms. The fourth-order valence-electron chi connectivity index (χ4n) is 3.47. The minimum atomic E-state index is -0.0836. The van der Waals surface area contributed by atoms with Crippen LogP contribution in [0.1, 0.15) is 15.9 Å². The van der Waals surface area contributed by atoms with E-state index in [0.29, 0.717) is 50.6 Å². The molecule has 1 atom stereocenters. The third-order valence-corrected chi connectivity index (χ3v) is 4.90. The molecule has 1 amide bonds. The molecule has 0 spiro atoms. The summed E-state index contributed by atoms with van der Waals surface area (Å²) < 4.78 is 11.0. The van der Waals surface area contributed by atoms with Crippen LogP contribution in [0.5, 0.6) is 11.5 Å². The van der Waals surface area contributed by atoms with E-state index in [-0.39, 0.29) is 17.8 Å². The molecule has 6 nitrogen and oxygen atoms in total. The minimum absolute atomic E-state index is 0.0239. The Labute approximate surface area is 152 Å². The molecule has 1 fully saturated rings. The highest BCUT2D eigenvalue weighted by atomic mass is 16.5. The topological polar surface area (TPSA) is 85.0 Å². The molecule has 3 N–H and O–H groups in total. The molecular formula is C20H22N2O4. The maximum Gasteiger partial charge on any atom is 0.254 e. The van der Waals surface area contributed by atoms with Gasteiger partial charge in [-0.3, -0.25) is 4.79 Å². The number of hydrogen-bond donors (Lipinski definition) is 2. The maximum absolute atomic E-state index is 12.5. The Bertz CT molecular complexity index is 813. The van der Waals surface area contributed by atoms with Crippen molar-refractivity contribution in [2.75, 3.05) is 32.8 Å². The Morgan fingerprint density at radius 3 is 2.58 bits per heavy atom. The molecule has 2 heterocycles. The molecule has 2 aromatic rings. The Morgan fingerprint density at radius 1 is 1.15 bits per heavy atom. The van der Waals surface area contributed by atoms with Gasteiger partial charge in [-0.15, -0.1) is 0 Å². The third-order valence-electron chi connectivity index (χ3n) is 4.90. The zero-order valence-corrected chi connectivity index (χ0v) is 14.5. The van der Waals surface area contributed by atoms with Crippen LogP contribution in [0, 0.1) is 0 Å². The molecule has 2 aliphatic heterocycles. The summed E-state index contributed by atoms with van der Waals surface area (Å²) in [5, 5.41) is 10.3. The number of carbonyl (C=O) groups is 1. The molecule has 1 saturated heterocycles. The van der Waals surface area contributed by atoms with Crippen LogP contribution in [0.15, 0.2) is 36.4 Å². The summed E-state index contributed by atoms with van der Waals surface area (Å²) in [6.07, 6.45) is 0.612. The first-order valence-corrected chi connectivity index (χ1v) is 8.86. The standard InChI is InChI=1S/C20H22N2O4/c21-12-17-10-16-9-15(11-18(23)19(16)26-17)13-1-3-14(4-2-13)20(24)22-5-7-25-8-6-22/h1-4,9,11,17,23H,5-8,10,12,21H2. The van der Waals surface area contributed by atoms with Gasteiger partial charge in [-0.2, -0.15) is 0 Å². The number of amides is 1. The lowest BCUT2D eigenvalue weighted by atomic mass is 9.99. The van der Waals surface area contributed by atoms with E-state index >= 15 is 0 Å². The first-order valence-electron chi connectivity index (χ1n) is 8.86. The fraction of sp³-hybridized carbons (Fsp3) is 0.350. The van der Waals surface area contributed by atoms with E-state index in [0.717, 1.165) is 16.7 Å². The molecule has 2 aromatic carbocycles. The number of phenolic OH excluding ortho intramolecular Hbond substituents is 1. The highest BCUT2D eigenvalue weighted by Crippen LogP contribution is 2.40. The van der Waals surface area contributed by atoms with Crippen molar-refractivity contribution >= 4 is 5.91 Å². The lowest BCUT2D eigenvalue weighted by Crippen LogP contribution is -2.40. The predicted octanol–water partition coefficient (Wildman–Crippen LogP) is 1.79. The van der Waals surface area contributed by atoms with Gasteiger partial charge in [-0.25, -0.2) is 0 Å². The highest BCUT2D eigenvalue weighted by Gasteiger charge is 2.25. The number of rotatable bonds is 3. The number of aromatic hydroxyl groups is 1. The normalized spacial score (nSPS) is 19.1. The number of carbonyl (C=O) groups excluding carboxylic acids is 1. The van der Waals surface area contributed by atoms with Gasteiger partial charge < -0.3 is 25.2 Å². The van der Waals surface area contributed by atoms with E-state index in [4.69, 9.17) is 15.2 Å². The van der Waals surface area contributed by atoms with Gasteiger partial charge >= 0.3 is 0 Å². The number of benzene rings is 2. The Kier molecular flexibility index (Phi) is 4.53.